The van der Waals surface area contributed by atoms with Crippen molar-refractivity contribution in [1.29, 1.82) is 0 Å². The molecule has 9 aromatic rings. The van der Waals surface area contributed by atoms with E-state index < -0.39 is 5.82 Å². The molecular weight excluding hydrogens is 800 g/mol. The number of fused-ring (bicyclic) bond motifs is 3. The van der Waals surface area contributed by atoms with Gasteiger partial charge in [-0.3, -0.25) is 0 Å². The van der Waals surface area contributed by atoms with Crippen LogP contribution in [0.1, 0.15) is 43.2 Å². The molecule has 0 atom stereocenters. The van der Waals surface area contributed by atoms with Crippen molar-refractivity contribution < 1.29 is 4.39 Å². The summed E-state index contributed by atoms with van der Waals surface area (Å²) < 4.78 is 17.6. The first kappa shape index (κ1) is 38.0. The predicted molar refractivity (Wildman–Crippen MR) is 254 cm³/mol. The highest BCUT2D eigenvalue weighted by atomic mass is 19.1. The van der Waals surface area contributed by atoms with Crippen molar-refractivity contribution in [3.8, 4) is 90.6 Å². The Morgan fingerprint density at radius 1 is 0.323 bits per heavy atom. The smallest absolute Gasteiger partial charge is 0.167 e. The van der Waals surface area contributed by atoms with Crippen LogP contribution in [-0.2, 0) is 5.41 Å². The van der Waals surface area contributed by atoms with Crippen LogP contribution in [0.15, 0.2) is 176 Å². The van der Waals surface area contributed by atoms with Crippen molar-refractivity contribution in [2.45, 2.75) is 37.5 Å². The van der Waals surface area contributed by atoms with Crippen LogP contribution in [0.2, 0.25) is 0 Å². The van der Waals surface area contributed by atoms with Crippen molar-refractivity contribution in [1.82, 2.24) is 29.9 Å². The second-order valence-electron chi connectivity index (χ2n) is 18.4. The van der Waals surface area contributed by atoms with E-state index in [0.29, 0.717) is 52.1 Å². The lowest BCUT2D eigenvalue weighted by Crippen LogP contribution is -2.55. The molecule has 7 heteroatoms. The summed E-state index contributed by atoms with van der Waals surface area (Å²) in [6.45, 7) is 0. The van der Waals surface area contributed by atoms with Gasteiger partial charge >= 0.3 is 0 Å². The number of benzene rings is 7. The first-order chi connectivity index (χ1) is 32.1. The molecule has 65 heavy (non-hydrogen) atoms. The van der Waals surface area contributed by atoms with Crippen molar-refractivity contribution in [2.75, 3.05) is 0 Å². The molecular formula is C58H43FN6. The number of hydrogen-bond donors (Lipinski definition) is 0. The number of hydrogen-bond acceptors (Lipinski definition) is 6. The van der Waals surface area contributed by atoms with Crippen LogP contribution < -0.4 is 0 Å². The van der Waals surface area contributed by atoms with E-state index in [4.69, 9.17) is 29.9 Å². The monoisotopic (exact) mass is 842 g/mol. The molecule has 2 heterocycles. The average Bonchev–Trinajstić information content (AvgIpc) is 3.66. The molecule has 14 rings (SSSR count). The lowest BCUT2D eigenvalue weighted by molar-refractivity contribution is -0.0399. The SMILES string of the molecule is Fc1cc(-c2ccc3c(c2)C2(c4ccccc4-3)C3CC4CC(C3)CC2C4)c(-c2nc(-c3ccccc3)nc(-c3ccccc3)n2)cc1-c1nc(-c2ccccc2)nc(-c2ccccc2)n1. The second kappa shape index (κ2) is 15.1. The summed E-state index contributed by atoms with van der Waals surface area (Å²) in [6, 6.07) is 59.0. The summed E-state index contributed by atoms with van der Waals surface area (Å²) in [5, 5.41) is 0. The van der Waals surface area contributed by atoms with Gasteiger partial charge in [0.15, 0.2) is 34.9 Å². The molecule has 0 unspecified atom stereocenters. The highest BCUT2D eigenvalue weighted by Gasteiger charge is 2.61. The molecule has 2 aromatic heterocycles. The third-order valence-corrected chi connectivity index (χ3v) is 14.9. The number of rotatable bonds is 7. The Morgan fingerprint density at radius 3 is 1.23 bits per heavy atom. The molecule has 0 radical (unpaired) electrons. The van der Waals surface area contributed by atoms with Crippen LogP contribution in [0.4, 0.5) is 4.39 Å². The highest BCUT2D eigenvalue weighted by Crippen LogP contribution is 2.69. The maximum Gasteiger partial charge on any atom is 0.167 e. The van der Waals surface area contributed by atoms with Crippen LogP contribution in [0.25, 0.3) is 90.6 Å². The van der Waals surface area contributed by atoms with Crippen molar-refractivity contribution in [2.24, 2.45) is 23.7 Å². The van der Waals surface area contributed by atoms with E-state index in [1.165, 1.54) is 54.4 Å². The van der Waals surface area contributed by atoms with Gasteiger partial charge in [0.2, 0.25) is 0 Å². The van der Waals surface area contributed by atoms with Gasteiger partial charge in [0.25, 0.3) is 0 Å². The first-order valence-electron chi connectivity index (χ1n) is 22.9. The molecule has 6 nitrogen and oxygen atoms in total. The van der Waals surface area contributed by atoms with E-state index in [9.17, 15) is 0 Å². The van der Waals surface area contributed by atoms with Gasteiger partial charge in [0.05, 0.1) is 5.56 Å². The minimum Gasteiger partial charge on any atom is -0.208 e. The minimum atomic E-state index is -0.443. The summed E-state index contributed by atoms with van der Waals surface area (Å²) in [5.41, 5.74) is 11.3. The molecule has 0 saturated heterocycles. The zero-order valence-corrected chi connectivity index (χ0v) is 35.6. The minimum absolute atomic E-state index is 0.0608. The fraction of sp³-hybridized carbons (Fsp3) is 0.172. The van der Waals surface area contributed by atoms with E-state index in [0.717, 1.165) is 39.7 Å². The third kappa shape index (κ3) is 6.20. The van der Waals surface area contributed by atoms with Gasteiger partial charge in [-0.05, 0) is 107 Å². The van der Waals surface area contributed by atoms with E-state index in [-0.39, 0.29) is 16.8 Å². The molecule has 5 aliphatic carbocycles. The number of halogens is 1. The Hall–Kier alpha value is -7.51. The first-order valence-corrected chi connectivity index (χ1v) is 22.9. The molecule has 4 fully saturated rings. The quantitative estimate of drug-likeness (QED) is 0.159. The van der Waals surface area contributed by atoms with Gasteiger partial charge in [-0.2, -0.15) is 0 Å². The summed E-state index contributed by atoms with van der Waals surface area (Å²) in [5.74, 6) is 4.99. The zero-order chi connectivity index (χ0) is 43.1. The van der Waals surface area contributed by atoms with E-state index >= 15 is 4.39 Å². The van der Waals surface area contributed by atoms with Crippen LogP contribution in [-0.4, -0.2) is 29.9 Å². The topological polar surface area (TPSA) is 77.3 Å². The predicted octanol–water partition coefficient (Wildman–Crippen LogP) is 13.6. The average molecular weight is 843 g/mol. The summed E-state index contributed by atoms with van der Waals surface area (Å²) >= 11 is 0. The Labute approximate surface area is 377 Å². The Balaban J connectivity index is 1.06. The Morgan fingerprint density at radius 2 is 0.738 bits per heavy atom. The van der Waals surface area contributed by atoms with Gasteiger partial charge in [0.1, 0.15) is 5.82 Å². The van der Waals surface area contributed by atoms with Gasteiger partial charge in [-0.15, -0.1) is 0 Å². The number of nitrogens with zero attached hydrogens (tertiary/aromatic N) is 6. The summed E-state index contributed by atoms with van der Waals surface area (Å²) in [6.07, 6.45) is 6.48. The lowest BCUT2D eigenvalue weighted by atomic mass is 9.43. The van der Waals surface area contributed by atoms with E-state index in [2.05, 4.69) is 42.5 Å². The molecule has 312 valence electrons. The maximum atomic E-state index is 17.6. The van der Waals surface area contributed by atoms with Crippen LogP contribution >= 0.6 is 0 Å². The molecule has 4 bridgehead atoms. The fourth-order valence-electron chi connectivity index (χ4n) is 12.3. The van der Waals surface area contributed by atoms with Crippen molar-refractivity contribution in [3.05, 3.63) is 193 Å². The Kier molecular flexibility index (Phi) is 8.80. The standard InChI is InChI=1S/C58H43FN6/c59-51-34-46(41-25-26-45-44-23-13-14-24-49(44)58(50(45)32-41)42-28-35-27-36(30-42)31-43(58)29-35)47(56-62-52(37-15-5-1-6-16-37)60-53(63-56)38-17-7-2-8-18-38)33-48(51)57-64-54(39-19-9-3-10-20-39)61-55(65-57)40-21-11-4-12-22-40/h1-26,32-36,42-43H,27-31H2. The summed E-state index contributed by atoms with van der Waals surface area (Å²) in [7, 11) is 0. The van der Waals surface area contributed by atoms with Gasteiger partial charge in [-0.25, -0.2) is 34.3 Å². The van der Waals surface area contributed by atoms with Gasteiger partial charge in [-0.1, -0.05) is 158 Å². The summed E-state index contributed by atoms with van der Waals surface area (Å²) in [4.78, 5) is 30.4. The van der Waals surface area contributed by atoms with Crippen LogP contribution in [0.5, 0.6) is 0 Å². The van der Waals surface area contributed by atoms with E-state index in [1.54, 1.807) is 6.07 Å². The zero-order valence-electron chi connectivity index (χ0n) is 35.6. The van der Waals surface area contributed by atoms with Crippen LogP contribution in [0.3, 0.4) is 0 Å². The van der Waals surface area contributed by atoms with Gasteiger partial charge in [0, 0.05) is 33.2 Å². The molecule has 0 aliphatic heterocycles. The third-order valence-electron chi connectivity index (χ3n) is 14.9. The molecule has 4 saturated carbocycles. The Bertz CT molecular complexity index is 3140. The molecule has 0 N–H and O–H groups in total. The molecule has 7 aromatic carbocycles. The normalized spacial score (nSPS) is 21.1. The van der Waals surface area contributed by atoms with Crippen molar-refractivity contribution >= 4 is 0 Å². The molecule has 5 aliphatic rings. The maximum absolute atomic E-state index is 17.6. The van der Waals surface area contributed by atoms with Crippen molar-refractivity contribution in [3.63, 3.8) is 0 Å². The second-order valence-corrected chi connectivity index (χ2v) is 18.4. The lowest BCUT2D eigenvalue weighted by Gasteiger charge is -2.61. The highest BCUT2D eigenvalue weighted by molar-refractivity contribution is 5.90. The largest absolute Gasteiger partial charge is 0.208 e. The fourth-order valence-corrected chi connectivity index (χ4v) is 12.3. The van der Waals surface area contributed by atoms with E-state index in [1.807, 2.05) is 127 Å². The number of aromatic nitrogens is 6. The molecule has 1 spiro atoms. The van der Waals surface area contributed by atoms with Gasteiger partial charge < -0.3 is 0 Å². The molecule has 0 amide bonds. The van der Waals surface area contributed by atoms with Crippen LogP contribution in [0, 0.1) is 29.5 Å².